The van der Waals surface area contributed by atoms with Crippen molar-refractivity contribution in [2.24, 2.45) is 7.05 Å². The number of hydrogen-bond acceptors (Lipinski definition) is 3. The third-order valence-electron chi connectivity index (χ3n) is 3.27. The molecule has 0 aliphatic carbocycles. The number of carbonyl (C=O) groups excluding carboxylic acids is 2. The van der Waals surface area contributed by atoms with E-state index in [0.29, 0.717) is 19.4 Å². The lowest BCUT2D eigenvalue weighted by Gasteiger charge is -2.26. The van der Waals surface area contributed by atoms with E-state index in [1.54, 1.807) is 11.1 Å². The van der Waals surface area contributed by atoms with Crippen LogP contribution in [0.5, 0.6) is 0 Å². The Morgan fingerprint density at radius 2 is 2.28 bits per heavy atom. The maximum atomic E-state index is 11.9. The molecule has 1 aromatic heterocycles. The van der Waals surface area contributed by atoms with Crippen molar-refractivity contribution < 1.29 is 9.59 Å². The predicted molar refractivity (Wildman–Crippen MR) is 65.7 cm³/mol. The molecular formula is C12H18N4O2. The van der Waals surface area contributed by atoms with Crippen LogP contribution in [-0.2, 0) is 23.1 Å². The van der Waals surface area contributed by atoms with E-state index in [4.69, 9.17) is 0 Å². The number of hydrogen-bond donors (Lipinski definition) is 1. The molecule has 6 heteroatoms. The molecule has 2 heterocycles. The molecular weight excluding hydrogens is 232 g/mol. The average molecular weight is 250 g/mol. The van der Waals surface area contributed by atoms with Gasteiger partial charge in [-0.1, -0.05) is 0 Å². The number of amides is 2. The van der Waals surface area contributed by atoms with Gasteiger partial charge in [-0.05, 0) is 6.92 Å². The van der Waals surface area contributed by atoms with Gasteiger partial charge in [0.1, 0.15) is 5.82 Å². The minimum atomic E-state index is -0.0599. The van der Waals surface area contributed by atoms with E-state index in [2.05, 4.69) is 10.3 Å². The third kappa shape index (κ3) is 2.69. The van der Waals surface area contributed by atoms with Crippen LogP contribution < -0.4 is 5.32 Å². The number of carbonyl (C=O) groups is 2. The summed E-state index contributed by atoms with van der Waals surface area (Å²) in [5.41, 5.74) is 0. The Morgan fingerprint density at radius 3 is 2.94 bits per heavy atom. The van der Waals surface area contributed by atoms with Crippen LogP contribution in [0, 0.1) is 0 Å². The van der Waals surface area contributed by atoms with Crippen molar-refractivity contribution in [2.75, 3.05) is 13.1 Å². The maximum absolute atomic E-state index is 11.9. The van der Waals surface area contributed by atoms with Crippen molar-refractivity contribution in [2.45, 2.75) is 25.8 Å². The molecule has 1 unspecified atom stereocenters. The third-order valence-corrected chi connectivity index (χ3v) is 3.27. The molecule has 1 aromatic rings. The van der Waals surface area contributed by atoms with Gasteiger partial charge in [0.05, 0.1) is 6.54 Å². The Kier molecular flexibility index (Phi) is 3.64. The number of nitrogens with one attached hydrogen (secondary N) is 1. The number of imidazole rings is 1. The van der Waals surface area contributed by atoms with E-state index in [9.17, 15) is 9.59 Å². The van der Waals surface area contributed by atoms with Crippen LogP contribution >= 0.6 is 0 Å². The van der Waals surface area contributed by atoms with Crippen LogP contribution in [0.15, 0.2) is 12.4 Å². The Labute approximate surface area is 106 Å². The van der Waals surface area contributed by atoms with Gasteiger partial charge in [0, 0.05) is 44.9 Å². The fourth-order valence-electron chi connectivity index (χ4n) is 2.18. The average Bonchev–Trinajstić information content (AvgIpc) is 2.67. The van der Waals surface area contributed by atoms with E-state index < -0.39 is 0 Å². The van der Waals surface area contributed by atoms with Crippen molar-refractivity contribution in [3.63, 3.8) is 0 Å². The summed E-state index contributed by atoms with van der Waals surface area (Å²) in [4.78, 5) is 29.3. The molecule has 0 radical (unpaired) electrons. The first-order valence-electron chi connectivity index (χ1n) is 6.10. The summed E-state index contributed by atoms with van der Waals surface area (Å²) in [5, 5.41) is 2.61. The lowest BCUT2D eigenvalue weighted by Crippen LogP contribution is -2.41. The van der Waals surface area contributed by atoms with Gasteiger partial charge < -0.3 is 14.8 Å². The molecule has 0 spiro atoms. The molecule has 0 bridgehead atoms. The second-order valence-electron chi connectivity index (χ2n) is 4.62. The van der Waals surface area contributed by atoms with Crippen molar-refractivity contribution in [3.8, 4) is 0 Å². The molecule has 1 saturated heterocycles. The van der Waals surface area contributed by atoms with Gasteiger partial charge in [0.25, 0.3) is 0 Å². The van der Waals surface area contributed by atoms with E-state index >= 15 is 0 Å². The number of nitrogens with zero attached hydrogens (tertiary/aromatic N) is 3. The van der Waals surface area contributed by atoms with Gasteiger partial charge in [-0.3, -0.25) is 9.59 Å². The van der Waals surface area contributed by atoms with Crippen molar-refractivity contribution >= 4 is 11.8 Å². The molecule has 18 heavy (non-hydrogen) atoms. The zero-order chi connectivity index (χ0) is 13.1. The Bertz CT molecular complexity index is 455. The summed E-state index contributed by atoms with van der Waals surface area (Å²) < 4.78 is 1.94. The van der Waals surface area contributed by atoms with Crippen LogP contribution in [0.4, 0.5) is 0 Å². The minimum Gasteiger partial charge on any atom is -0.347 e. The zero-order valence-electron chi connectivity index (χ0n) is 10.7. The summed E-state index contributed by atoms with van der Waals surface area (Å²) in [7, 11) is 1.93. The number of aromatic nitrogens is 2. The fraction of sp³-hybridized carbons (Fsp3) is 0.583. The Morgan fingerprint density at radius 1 is 1.50 bits per heavy atom. The highest BCUT2D eigenvalue weighted by Gasteiger charge is 2.26. The lowest BCUT2D eigenvalue weighted by atomic mass is 10.2. The van der Waals surface area contributed by atoms with Crippen molar-refractivity contribution in [1.29, 1.82) is 0 Å². The van der Waals surface area contributed by atoms with E-state index in [1.807, 2.05) is 24.7 Å². The highest BCUT2D eigenvalue weighted by Crippen LogP contribution is 2.09. The standard InChI is InChI=1S/C12H18N4O2/c1-9-7-11(17)14-8-12(18)16(9)5-3-10-13-4-6-15(10)2/h4,6,9H,3,5,7-8H2,1-2H3,(H,14,17). The molecule has 6 nitrogen and oxygen atoms in total. The number of aryl methyl sites for hydroxylation is 1. The normalized spacial score (nSPS) is 20.8. The summed E-state index contributed by atoms with van der Waals surface area (Å²) in [6.45, 7) is 2.60. The van der Waals surface area contributed by atoms with Crippen LogP contribution in [0.3, 0.4) is 0 Å². The van der Waals surface area contributed by atoms with E-state index in [0.717, 1.165) is 5.82 Å². The molecule has 1 aliphatic heterocycles. The highest BCUT2D eigenvalue weighted by atomic mass is 16.2. The van der Waals surface area contributed by atoms with Gasteiger partial charge in [-0.2, -0.15) is 0 Å². The van der Waals surface area contributed by atoms with Gasteiger partial charge in [0.2, 0.25) is 11.8 Å². The van der Waals surface area contributed by atoms with Crippen LogP contribution in [-0.4, -0.2) is 45.4 Å². The molecule has 1 fully saturated rings. The fourth-order valence-corrected chi connectivity index (χ4v) is 2.18. The van der Waals surface area contributed by atoms with Gasteiger partial charge in [-0.25, -0.2) is 4.98 Å². The molecule has 1 atom stereocenters. The molecule has 0 saturated carbocycles. The maximum Gasteiger partial charge on any atom is 0.242 e. The quantitative estimate of drug-likeness (QED) is 0.801. The molecule has 1 N–H and O–H groups in total. The van der Waals surface area contributed by atoms with Crippen LogP contribution in [0.2, 0.25) is 0 Å². The highest BCUT2D eigenvalue weighted by molar-refractivity contribution is 5.87. The first kappa shape index (κ1) is 12.6. The first-order valence-corrected chi connectivity index (χ1v) is 6.10. The number of rotatable bonds is 3. The summed E-state index contributed by atoms with van der Waals surface area (Å²) in [5.74, 6) is 0.858. The topological polar surface area (TPSA) is 67.2 Å². The lowest BCUT2D eigenvalue weighted by molar-refractivity contribution is -0.131. The molecule has 1 aliphatic rings. The monoisotopic (exact) mass is 250 g/mol. The Hall–Kier alpha value is -1.85. The predicted octanol–water partition coefficient (Wildman–Crippen LogP) is -0.300. The first-order chi connectivity index (χ1) is 8.58. The van der Waals surface area contributed by atoms with Crippen molar-refractivity contribution in [3.05, 3.63) is 18.2 Å². The second kappa shape index (κ2) is 5.20. The van der Waals surface area contributed by atoms with Gasteiger partial charge >= 0.3 is 0 Å². The summed E-state index contributed by atoms with van der Waals surface area (Å²) >= 11 is 0. The van der Waals surface area contributed by atoms with E-state index in [1.165, 1.54) is 0 Å². The molecule has 2 rings (SSSR count). The largest absolute Gasteiger partial charge is 0.347 e. The van der Waals surface area contributed by atoms with Gasteiger partial charge in [-0.15, -0.1) is 0 Å². The summed E-state index contributed by atoms with van der Waals surface area (Å²) in [6.07, 6.45) is 4.70. The minimum absolute atomic E-state index is 0.0254. The molecule has 2 amide bonds. The molecule has 0 aromatic carbocycles. The van der Waals surface area contributed by atoms with E-state index in [-0.39, 0.29) is 24.4 Å². The van der Waals surface area contributed by atoms with Crippen LogP contribution in [0.25, 0.3) is 0 Å². The van der Waals surface area contributed by atoms with Crippen LogP contribution in [0.1, 0.15) is 19.2 Å². The zero-order valence-corrected chi connectivity index (χ0v) is 10.7. The Balaban J connectivity index is 2.00. The smallest absolute Gasteiger partial charge is 0.242 e. The van der Waals surface area contributed by atoms with Gasteiger partial charge in [0.15, 0.2) is 0 Å². The molecule has 98 valence electrons. The SMILES string of the molecule is CC1CC(=O)NCC(=O)N1CCc1nccn1C. The van der Waals surface area contributed by atoms with Crippen molar-refractivity contribution in [1.82, 2.24) is 19.8 Å². The second-order valence-corrected chi connectivity index (χ2v) is 4.62. The summed E-state index contributed by atoms with van der Waals surface area (Å²) in [6, 6.07) is -0.0553.